The Kier molecular flexibility index (Phi) is 4.05. The van der Waals surface area contributed by atoms with E-state index in [0.717, 1.165) is 10.9 Å². The fourth-order valence-corrected chi connectivity index (χ4v) is 3.71. The molecule has 1 aromatic rings. The highest BCUT2D eigenvalue weighted by Gasteiger charge is 2.18. The zero-order chi connectivity index (χ0) is 10.9. The van der Waals surface area contributed by atoms with Crippen LogP contribution in [0.3, 0.4) is 0 Å². The molecule has 0 N–H and O–H groups in total. The summed E-state index contributed by atoms with van der Waals surface area (Å²) in [5.41, 5.74) is 2.32. The van der Waals surface area contributed by atoms with Crippen molar-refractivity contribution in [3.63, 3.8) is 0 Å². The van der Waals surface area contributed by atoms with E-state index in [4.69, 9.17) is 34.3 Å². The average molecular weight is 267 g/mol. The smallest absolute Gasteiger partial charge is 0.0633 e. The maximum Gasteiger partial charge on any atom is 0.147 e. The van der Waals surface area contributed by atoms with Gasteiger partial charge in [0, 0.05) is 5.30 Å². The van der Waals surface area contributed by atoms with Gasteiger partial charge in [0.1, 0.15) is 4.74 Å². The Morgan fingerprint density at radius 2 is 1.86 bits per heavy atom. The molecule has 0 saturated carbocycles. The molecule has 0 aromatic heterocycles. The maximum atomic E-state index is 6.07. The minimum atomic E-state index is -2.36. The van der Waals surface area contributed by atoms with Crippen LogP contribution in [0.5, 0.6) is 0 Å². The average Bonchev–Trinajstić information content (AvgIpc) is 2.01. The SMILES string of the molecule is Cc1ccc(C(C)C)c(P(=S)(Cl)Cl)c1. The van der Waals surface area contributed by atoms with Crippen LogP contribution >= 0.6 is 27.2 Å². The molecule has 0 aliphatic heterocycles. The third-order valence-electron chi connectivity index (χ3n) is 2.09. The molecule has 4 heteroatoms. The minimum absolute atomic E-state index is 0.408. The first kappa shape index (κ1) is 12.5. The summed E-state index contributed by atoms with van der Waals surface area (Å²) in [6.07, 6.45) is 0. The second-order valence-corrected chi connectivity index (χ2v) is 11.5. The molecular weight excluding hydrogens is 254 g/mol. The molecule has 0 saturated heterocycles. The molecule has 0 heterocycles. The van der Waals surface area contributed by atoms with E-state index < -0.39 is 4.74 Å². The molecule has 0 atom stereocenters. The Hall–Kier alpha value is 0.450. The lowest BCUT2D eigenvalue weighted by molar-refractivity contribution is 0.873. The van der Waals surface area contributed by atoms with Crippen LogP contribution in [0.2, 0.25) is 0 Å². The predicted molar refractivity (Wildman–Crippen MR) is 70.9 cm³/mol. The zero-order valence-electron chi connectivity index (χ0n) is 8.42. The maximum absolute atomic E-state index is 6.07. The lowest BCUT2D eigenvalue weighted by Crippen LogP contribution is -2.08. The molecule has 78 valence electrons. The van der Waals surface area contributed by atoms with Crippen molar-refractivity contribution in [2.75, 3.05) is 0 Å². The number of aryl methyl sites for hydroxylation is 1. The molecule has 0 bridgehead atoms. The van der Waals surface area contributed by atoms with Crippen molar-refractivity contribution in [2.45, 2.75) is 26.7 Å². The van der Waals surface area contributed by atoms with E-state index in [9.17, 15) is 0 Å². The molecule has 0 unspecified atom stereocenters. The van der Waals surface area contributed by atoms with Crippen molar-refractivity contribution < 1.29 is 0 Å². The first-order chi connectivity index (χ1) is 6.32. The highest BCUT2D eigenvalue weighted by atomic mass is 35.9. The zero-order valence-corrected chi connectivity index (χ0v) is 11.6. The Bertz CT molecular complexity index is 382. The Morgan fingerprint density at radius 3 is 2.29 bits per heavy atom. The first-order valence-electron chi connectivity index (χ1n) is 4.43. The summed E-state index contributed by atoms with van der Waals surface area (Å²) >= 11 is 17.3. The van der Waals surface area contributed by atoms with Crippen LogP contribution in [0.25, 0.3) is 0 Å². The third kappa shape index (κ3) is 2.97. The Balaban J connectivity index is 3.38. The summed E-state index contributed by atoms with van der Waals surface area (Å²) in [6, 6.07) is 6.15. The van der Waals surface area contributed by atoms with E-state index in [1.807, 2.05) is 13.0 Å². The Morgan fingerprint density at radius 1 is 1.29 bits per heavy atom. The molecule has 0 nitrogen and oxygen atoms in total. The van der Waals surface area contributed by atoms with Gasteiger partial charge < -0.3 is 0 Å². The fourth-order valence-electron chi connectivity index (χ4n) is 1.37. The van der Waals surface area contributed by atoms with Crippen molar-refractivity contribution >= 4 is 44.3 Å². The molecule has 0 aliphatic rings. The number of hydrogen-bond acceptors (Lipinski definition) is 1. The monoisotopic (exact) mass is 266 g/mol. The van der Waals surface area contributed by atoms with Gasteiger partial charge in [0.05, 0.1) is 0 Å². The quantitative estimate of drug-likeness (QED) is 0.709. The van der Waals surface area contributed by atoms with Gasteiger partial charge in [-0.05, 0) is 24.5 Å². The molecule has 0 aliphatic carbocycles. The second kappa shape index (κ2) is 4.53. The van der Waals surface area contributed by atoms with Crippen LogP contribution in [0.15, 0.2) is 18.2 Å². The minimum Gasteiger partial charge on any atom is -0.0633 e. The van der Waals surface area contributed by atoms with Gasteiger partial charge in [-0.15, -0.1) is 0 Å². The highest BCUT2D eigenvalue weighted by Crippen LogP contribution is 2.56. The molecule has 14 heavy (non-hydrogen) atoms. The fraction of sp³-hybridized carbons (Fsp3) is 0.400. The first-order valence-corrected chi connectivity index (χ1v) is 9.04. The van der Waals surface area contributed by atoms with Crippen LogP contribution in [-0.2, 0) is 11.8 Å². The molecule has 0 radical (unpaired) electrons. The summed E-state index contributed by atoms with van der Waals surface area (Å²) in [4.78, 5) is 0. The van der Waals surface area contributed by atoms with Crippen molar-refractivity contribution in [3.8, 4) is 0 Å². The van der Waals surface area contributed by atoms with Gasteiger partial charge in [0.25, 0.3) is 0 Å². The lowest BCUT2D eigenvalue weighted by Gasteiger charge is -2.16. The van der Waals surface area contributed by atoms with Gasteiger partial charge in [-0.3, -0.25) is 0 Å². The van der Waals surface area contributed by atoms with Gasteiger partial charge in [0.15, 0.2) is 0 Å². The standard InChI is InChI=1S/C10H13Cl2PS/c1-7(2)9-5-4-8(3)6-10(9)13(11,12)14/h4-7H,1-3H3. The van der Waals surface area contributed by atoms with Gasteiger partial charge >= 0.3 is 0 Å². The van der Waals surface area contributed by atoms with Gasteiger partial charge in [0.2, 0.25) is 0 Å². The van der Waals surface area contributed by atoms with Crippen molar-refractivity contribution in [1.82, 2.24) is 0 Å². The Labute approximate surface area is 100 Å². The van der Waals surface area contributed by atoms with E-state index in [-0.39, 0.29) is 0 Å². The van der Waals surface area contributed by atoms with Gasteiger partial charge in [-0.1, -0.05) is 65.8 Å². The van der Waals surface area contributed by atoms with E-state index in [1.165, 1.54) is 5.56 Å². The molecule has 0 fully saturated rings. The molecular formula is C10H13Cl2PS. The van der Waals surface area contributed by atoms with E-state index in [1.54, 1.807) is 0 Å². The van der Waals surface area contributed by atoms with Crippen molar-refractivity contribution in [2.24, 2.45) is 0 Å². The third-order valence-corrected chi connectivity index (χ3v) is 4.72. The molecule has 1 rings (SSSR count). The highest BCUT2D eigenvalue weighted by molar-refractivity contribution is 8.42. The lowest BCUT2D eigenvalue weighted by atomic mass is 10.0. The van der Waals surface area contributed by atoms with Crippen LogP contribution in [0.4, 0.5) is 0 Å². The summed E-state index contributed by atoms with van der Waals surface area (Å²) in [5, 5.41) is 0.950. The van der Waals surface area contributed by atoms with E-state index in [2.05, 4.69) is 26.0 Å². The van der Waals surface area contributed by atoms with E-state index in [0.29, 0.717) is 5.92 Å². The van der Waals surface area contributed by atoms with Crippen LogP contribution in [0, 0.1) is 6.92 Å². The number of halogens is 2. The summed E-state index contributed by atoms with van der Waals surface area (Å²) in [7, 11) is 0. The molecule has 0 amide bonds. The van der Waals surface area contributed by atoms with Crippen molar-refractivity contribution in [1.29, 1.82) is 0 Å². The number of rotatable bonds is 2. The van der Waals surface area contributed by atoms with Crippen LogP contribution < -0.4 is 5.30 Å². The van der Waals surface area contributed by atoms with Crippen LogP contribution in [-0.4, -0.2) is 0 Å². The normalized spacial score (nSPS) is 12.1. The number of benzene rings is 1. The van der Waals surface area contributed by atoms with Crippen LogP contribution in [0.1, 0.15) is 30.9 Å². The molecule has 0 spiro atoms. The number of hydrogen-bond donors (Lipinski definition) is 0. The van der Waals surface area contributed by atoms with Crippen molar-refractivity contribution in [3.05, 3.63) is 29.3 Å². The summed E-state index contributed by atoms with van der Waals surface area (Å²) in [6.45, 7) is 6.26. The van der Waals surface area contributed by atoms with E-state index >= 15 is 0 Å². The molecule has 1 aromatic carbocycles. The second-order valence-electron chi connectivity index (χ2n) is 3.68. The topological polar surface area (TPSA) is 0 Å². The summed E-state index contributed by atoms with van der Waals surface area (Å²) < 4.78 is -2.36. The van der Waals surface area contributed by atoms with Gasteiger partial charge in [-0.25, -0.2) is 0 Å². The summed E-state index contributed by atoms with van der Waals surface area (Å²) in [5.74, 6) is 0.408. The predicted octanol–water partition coefficient (Wildman–Crippen LogP) is 4.53. The van der Waals surface area contributed by atoms with Gasteiger partial charge in [-0.2, -0.15) is 0 Å². The largest absolute Gasteiger partial charge is 0.147 e.